The van der Waals surface area contributed by atoms with E-state index >= 15 is 0 Å². The molecule has 1 fully saturated rings. The molecule has 1 aliphatic carbocycles. The third kappa shape index (κ3) is 5.45. The van der Waals surface area contributed by atoms with Crippen LogP contribution in [-0.4, -0.2) is 35.9 Å². The zero-order chi connectivity index (χ0) is 16.8. The molecular formula is C19H28IN5. The van der Waals surface area contributed by atoms with Crippen LogP contribution >= 0.6 is 24.0 Å². The second-order valence-corrected chi connectivity index (χ2v) is 6.62. The smallest absolute Gasteiger partial charge is 0.191 e. The number of aliphatic imine (C=N–C) groups is 1. The van der Waals surface area contributed by atoms with Crippen molar-refractivity contribution in [1.82, 2.24) is 20.4 Å². The average Bonchev–Trinajstić information content (AvgIpc) is 3.30. The van der Waals surface area contributed by atoms with Crippen LogP contribution in [0.25, 0.3) is 0 Å². The van der Waals surface area contributed by atoms with E-state index in [4.69, 9.17) is 0 Å². The van der Waals surface area contributed by atoms with Crippen molar-refractivity contribution in [2.45, 2.75) is 31.1 Å². The van der Waals surface area contributed by atoms with Crippen molar-refractivity contribution in [3.05, 3.63) is 53.9 Å². The molecule has 2 N–H and O–H groups in total. The Kier molecular flexibility index (Phi) is 7.28. The van der Waals surface area contributed by atoms with E-state index in [2.05, 4.69) is 57.3 Å². The van der Waals surface area contributed by atoms with E-state index in [1.54, 1.807) is 0 Å². The molecule has 1 saturated carbocycles. The Morgan fingerprint density at radius 2 is 2.00 bits per heavy atom. The molecule has 0 bridgehead atoms. The molecule has 3 rings (SSSR count). The van der Waals surface area contributed by atoms with Crippen LogP contribution in [0, 0.1) is 0 Å². The lowest BCUT2D eigenvalue weighted by atomic mass is 9.96. The summed E-state index contributed by atoms with van der Waals surface area (Å²) in [5, 5.41) is 11.1. The van der Waals surface area contributed by atoms with Gasteiger partial charge in [0, 0.05) is 38.8 Å². The lowest BCUT2D eigenvalue weighted by Gasteiger charge is -2.19. The third-order valence-electron chi connectivity index (χ3n) is 4.75. The first-order chi connectivity index (χ1) is 11.7. The highest BCUT2D eigenvalue weighted by Gasteiger charge is 2.43. The first-order valence-electron chi connectivity index (χ1n) is 8.69. The zero-order valence-electron chi connectivity index (χ0n) is 15.0. The lowest BCUT2D eigenvalue weighted by molar-refractivity contribution is 0.642. The lowest BCUT2D eigenvalue weighted by Crippen LogP contribution is -2.41. The molecule has 1 aliphatic rings. The second kappa shape index (κ2) is 9.22. The maximum atomic E-state index is 4.34. The Balaban J connectivity index is 0.00000225. The predicted molar refractivity (Wildman–Crippen MR) is 114 cm³/mol. The number of nitrogens with one attached hydrogen (secondary N) is 2. The van der Waals surface area contributed by atoms with Gasteiger partial charge in [0.15, 0.2) is 5.96 Å². The summed E-state index contributed by atoms with van der Waals surface area (Å²) in [5.74, 6) is 0.892. The minimum atomic E-state index is 0. The fourth-order valence-corrected chi connectivity index (χ4v) is 3.08. The summed E-state index contributed by atoms with van der Waals surface area (Å²) >= 11 is 0. The molecule has 25 heavy (non-hydrogen) atoms. The third-order valence-corrected chi connectivity index (χ3v) is 4.75. The Morgan fingerprint density at radius 3 is 2.60 bits per heavy atom. The van der Waals surface area contributed by atoms with Crippen LogP contribution in [0.4, 0.5) is 0 Å². The van der Waals surface area contributed by atoms with Gasteiger partial charge < -0.3 is 10.6 Å². The number of aromatic nitrogens is 2. The molecule has 0 unspecified atom stereocenters. The molecule has 1 aromatic carbocycles. The predicted octanol–water partition coefficient (Wildman–Crippen LogP) is 2.87. The van der Waals surface area contributed by atoms with E-state index in [-0.39, 0.29) is 24.0 Å². The van der Waals surface area contributed by atoms with Gasteiger partial charge in [0.2, 0.25) is 0 Å². The number of benzene rings is 1. The molecule has 1 aromatic heterocycles. The van der Waals surface area contributed by atoms with Crippen molar-refractivity contribution in [3.63, 3.8) is 0 Å². The van der Waals surface area contributed by atoms with Crippen molar-refractivity contribution in [2.24, 2.45) is 12.0 Å². The fourth-order valence-electron chi connectivity index (χ4n) is 3.08. The monoisotopic (exact) mass is 453 g/mol. The summed E-state index contributed by atoms with van der Waals surface area (Å²) < 4.78 is 1.85. The molecule has 0 atom stereocenters. The standard InChI is InChI=1S/C19H27N5.HI/c1-20-18(21-12-6-7-16-13-23-24(2)14-16)22-15-19(10-11-19)17-8-4-3-5-9-17;/h3-5,8-9,13-14H,6-7,10-12,15H2,1-2H3,(H2,20,21,22);1H. The van der Waals surface area contributed by atoms with Gasteiger partial charge in [-0.25, -0.2) is 0 Å². The van der Waals surface area contributed by atoms with E-state index in [1.807, 2.05) is 25.0 Å². The fraction of sp³-hybridized carbons (Fsp3) is 0.474. The maximum absolute atomic E-state index is 4.34. The molecule has 0 amide bonds. The summed E-state index contributed by atoms with van der Waals surface area (Å²) in [4.78, 5) is 4.34. The van der Waals surface area contributed by atoms with E-state index in [1.165, 1.54) is 24.0 Å². The van der Waals surface area contributed by atoms with Crippen LogP contribution in [0.2, 0.25) is 0 Å². The van der Waals surface area contributed by atoms with Crippen LogP contribution in [0.3, 0.4) is 0 Å². The molecule has 0 saturated heterocycles. The molecule has 136 valence electrons. The van der Waals surface area contributed by atoms with Gasteiger partial charge in [0.1, 0.15) is 0 Å². The van der Waals surface area contributed by atoms with Crippen LogP contribution in [-0.2, 0) is 18.9 Å². The Morgan fingerprint density at radius 1 is 1.24 bits per heavy atom. The molecule has 2 aromatic rings. The van der Waals surface area contributed by atoms with Gasteiger partial charge in [-0.2, -0.15) is 5.10 Å². The number of halogens is 1. The molecule has 0 radical (unpaired) electrons. The normalized spacial score (nSPS) is 15.4. The Hall–Kier alpha value is -1.57. The van der Waals surface area contributed by atoms with Gasteiger partial charge in [-0.05, 0) is 36.8 Å². The Bertz CT molecular complexity index is 676. The number of nitrogens with zero attached hydrogens (tertiary/aromatic N) is 3. The van der Waals surface area contributed by atoms with E-state index < -0.39 is 0 Å². The van der Waals surface area contributed by atoms with Crippen LogP contribution in [0.15, 0.2) is 47.7 Å². The quantitative estimate of drug-likeness (QED) is 0.294. The summed E-state index contributed by atoms with van der Waals surface area (Å²) in [6, 6.07) is 10.8. The van der Waals surface area contributed by atoms with Crippen molar-refractivity contribution in [2.75, 3.05) is 20.1 Å². The van der Waals surface area contributed by atoms with Crippen LogP contribution < -0.4 is 10.6 Å². The number of hydrogen-bond acceptors (Lipinski definition) is 2. The van der Waals surface area contributed by atoms with Gasteiger partial charge in [0.05, 0.1) is 6.20 Å². The highest BCUT2D eigenvalue weighted by Crippen LogP contribution is 2.47. The van der Waals surface area contributed by atoms with Gasteiger partial charge in [-0.15, -0.1) is 24.0 Å². The minimum Gasteiger partial charge on any atom is -0.356 e. The van der Waals surface area contributed by atoms with Crippen molar-refractivity contribution < 1.29 is 0 Å². The number of rotatable bonds is 7. The first-order valence-corrected chi connectivity index (χ1v) is 8.69. The van der Waals surface area contributed by atoms with Crippen molar-refractivity contribution in [3.8, 4) is 0 Å². The van der Waals surface area contributed by atoms with E-state index in [0.717, 1.165) is 31.9 Å². The highest BCUT2D eigenvalue weighted by molar-refractivity contribution is 14.0. The summed E-state index contributed by atoms with van der Waals surface area (Å²) in [5.41, 5.74) is 3.02. The maximum Gasteiger partial charge on any atom is 0.191 e. The number of aryl methyl sites for hydroxylation is 2. The highest BCUT2D eigenvalue weighted by atomic mass is 127. The minimum absolute atomic E-state index is 0. The Labute approximate surface area is 167 Å². The van der Waals surface area contributed by atoms with Crippen molar-refractivity contribution in [1.29, 1.82) is 0 Å². The largest absolute Gasteiger partial charge is 0.356 e. The number of hydrogen-bond donors (Lipinski definition) is 2. The molecule has 6 heteroatoms. The van der Waals surface area contributed by atoms with E-state index in [9.17, 15) is 0 Å². The van der Waals surface area contributed by atoms with Crippen molar-refractivity contribution >= 4 is 29.9 Å². The summed E-state index contributed by atoms with van der Waals surface area (Å²) in [6.07, 6.45) is 8.61. The molecular weight excluding hydrogens is 425 g/mol. The average molecular weight is 453 g/mol. The van der Waals surface area contributed by atoms with Crippen LogP contribution in [0.1, 0.15) is 30.4 Å². The summed E-state index contributed by atoms with van der Waals surface area (Å²) in [7, 11) is 3.78. The van der Waals surface area contributed by atoms with Gasteiger partial charge in [-0.1, -0.05) is 30.3 Å². The summed E-state index contributed by atoms with van der Waals surface area (Å²) in [6.45, 7) is 1.85. The topological polar surface area (TPSA) is 54.2 Å². The molecule has 5 nitrogen and oxygen atoms in total. The SMILES string of the molecule is CN=C(NCCCc1cnn(C)c1)NCC1(c2ccccc2)CC1.I. The van der Waals surface area contributed by atoms with Crippen LogP contribution in [0.5, 0.6) is 0 Å². The second-order valence-electron chi connectivity index (χ2n) is 6.62. The molecule has 0 aliphatic heterocycles. The van der Waals surface area contributed by atoms with Gasteiger partial charge >= 0.3 is 0 Å². The van der Waals surface area contributed by atoms with Gasteiger partial charge in [-0.3, -0.25) is 9.67 Å². The zero-order valence-corrected chi connectivity index (χ0v) is 17.4. The van der Waals surface area contributed by atoms with Gasteiger partial charge in [0.25, 0.3) is 0 Å². The molecule has 1 heterocycles. The molecule has 0 spiro atoms. The van der Waals surface area contributed by atoms with E-state index in [0.29, 0.717) is 5.41 Å². The number of guanidine groups is 1. The first kappa shape index (κ1) is 19.8.